The average molecular weight is 360 g/mol. The van der Waals surface area contributed by atoms with Crippen molar-refractivity contribution in [3.05, 3.63) is 71.4 Å². The molecular formula is C21H24N6. The fraction of sp³-hybridized carbons (Fsp3) is 0.286. The van der Waals surface area contributed by atoms with Crippen LogP contribution < -0.4 is 5.32 Å². The van der Waals surface area contributed by atoms with Crippen LogP contribution in [0, 0.1) is 13.8 Å². The standard InChI is InChI=1S/C21H24N6/c1-14-9-21-23-12-20(16(3)27(21)25-14)15(2)22-10-17-7-5-6-8-19(17)18-11-24-26(4)13-18/h5-9,11-13,15,22H,10H2,1-4H3. The molecule has 0 bridgehead atoms. The molecule has 0 amide bonds. The molecule has 6 nitrogen and oxygen atoms in total. The molecular weight excluding hydrogens is 336 g/mol. The summed E-state index contributed by atoms with van der Waals surface area (Å²) in [6, 6.07) is 10.6. The molecule has 4 rings (SSSR count). The van der Waals surface area contributed by atoms with E-state index in [4.69, 9.17) is 0 Å². The topological polar surface area (TPSA) is 60.0 Å². The van der Waals surface area contributed by atoms with Gasteiger partial charge in [0.2, 0.25) is 0 Å². The van der Waals surface area contributed by atoms with Gasteiger partial charge in [-0.05, 0) is 31.9 Å². The van der Waals surface area contributed by atoms with Crippen LogP contribution in [0.2, 0.25) is 0 Å². The van der Waals surface area contributed by atoms with Gasteiger partial charge in [0, 0.05) is 54.9 Å². The molecule has 0 radical (unpaired) electrons. The molecule has 0 saturated carbocycles. The minimum absolute atomic E-state index is 0.161. The van der Waals surface area contributed by atoms with Gasteiger partial charge in [-0.2, -0.15) is 10.2 Å². The first kappa shape index (κ1) is 17.4. The monoisotopic (exact) mass is 360 g/mol. The first-order valence-corrected chi connectivity index (χ1v) is 9.15. The van der Waals surface area contributed by atoms with Gasteiger partial charge in [-0.1, -0.05) is 24.3 Å². The molecule has 0 aliphatic rings. The smallest absolute Gasteiger partial charge is 0.155 e. The van der Waals surface area contributed by atoms with Crippen LogP contribution in [0.5, 0.6) is 0 Å². The number of fused-ring (bicyclic) bond motifs is 1. The summed E-state index contributed by atoms with van der Waals surface area (Å²) >= 11 is 0. The molecule has 27 heavy (non-hydrogen) atoms. The average Bonchev–Trinajstić information content (AvgIpc) is 3.26. The quantitative estimate of drug-likeness (QED) is 0.591. The molecule has 1 N–H and O–H groups in total. The highest BCUT2D eigenvalue weighted by Crippen LogP contribution is 2.24. The van der Waals surface area contributed by atoms with Gasteiger partial charge in [0.05, 0.1) is 11.9 Å². The molecule has 0 aliphatic carbocycles. The highest BCUT2D eigenvalue weighted by atomic mass is 15.3. The van der Waals surface area contributed by atoms with Gasteiger partial charge in [0.25, 0.3) is 0 Å². The van der Waals surface area contributed by atoms with Gasteiger partial charge in [-0.15, -0.1) is 0 Å². The fourth-order valence-corrected chi connectivity index (χ4v) is 3.49. The lowest BCUT2D eigenvalue weighted by molar-refractivity contribution is 0.565. The van der Waals surface area contributed by atoms with Crippen molar-refractivity contribution in [2.24, 2.45) is 7.05 Å². The summed E-state index contributed by atoms with van der Waals surface area (Å²) < 4.78 is 3.75. The highest BCUT2D eigenvalue weighted by Gasteiger charge is 2.14. The van der Waals surface area contributed by atoms with Crippen LogP contribution in [0.1, 0.15) is 35.5 Å². The molecule has 0 fully saturated rings. The Balaban J connectivity index is 1.57. The van der Waals surface area contributed by atoms with Crippen molar-refractivity contribution in [2.45, 2.75) is 33.4 Å². The Hall–Kier alpha value is -2.99. The molecule has 1 aromatic carbocycles. The maximum Gasteiger partial charge on any atom is 0.155 e. The van der Waals surface area contributed by atoms with Crippen molar-refractivity contribution in [2.75, 3.05) is 0 Å². The Morgan fingerprint density at radius 3 is 2.74 bits per heavy atom. The summed E-state index contributed by atoms with van der Waals surface area (Å²) in [5, 5.41) is 12.5. The summed E-state index contributed by atoms with van der Waals surface area (Å²) in [5.74, 6) is 0. The second kappa shape index (κ2) is 6.96. The number of rotatable bonds is 5. The third-order valence-electron chi connectivity index (χ3n) is 4.98. The minimum Gasteiger partial charge on any atom is -0.306 e. The number of benzene rings is 1. The third kappa shape index (κ3) is 3.36. The fourth-order valence-electron chi connectivity index (χ4n) is 3.49. The molecule has 3 heterocycles. The lowest BCUT2D eigenvalue weighted by Gasteiger charge is -2.18. The second-order valence-corrected chi connectivity index (χ2v) is 7.02. The number of nitrogens with zero attached hydrogens (tertiary/aromatic N) is 5. The summed E-state index contributed by atoms with van der Waals surface area (Å²) in [7, 11) is 1.94. The van der Waals surface area contributed by atoms with Crippen molar-refractivity contribution < 1.29 is 0 Å². The lowest BCUT2D eigenvalue weighted by Crippen LogP contribution is -2.20. The van der Waals surface area contributed by atoms with Crippen LogP contribution in [-0.4, -0.2) is 24.4 Å². The largest absolute Gasteiger partial charge is 0.306 e. The van der Waals surface area contributed by atoms with E-state index in [1.807, 2.05) is 47.8 Å². The Morgan fingerprint density at radius 2 is 1.96 bits per heavy atom. The normalized spacial score (nSPS) is 12.6. The summed E-state index contributed by atoms with van der Waals surface area (Å²) in [5.41, 5.74) is 7.74. The maximum atomic E-state index is 4.56. The van der Waals surface area contributed by atoms with Gasteiger partial charge in [-0.25, -0.2) is 9.50 Å². The van der Waals surface area contributed by atoms with Gasteiger partial charge in [0.15, 0.2) is 5.65 Å². The predicted molar refractivity (Wildman–Crippen MR) is 106 cm³/mol. The van der Waals surface area contributed by atoms with Crippen molar-refractivity contribution >= 4 is 5.65 Å². The number of nitrogens with one attached hydrogen (secondary N) is 1. The summed E-state index contributed by atoms with van der Waals surface area (Å²) in [6.45, 7) is 7.02. The second-order valence-electron chi connectivity index (χ2n) is 7.02. The number of hydrogen-bond donors (Lipinski definition) is 1. The molecule has 3 aromatic heterocycles. The van der Waals surface area contributed by atoms with Crippen LogP contribution in [0.4, 0.5) is 0 Å². The summed E-state index contributed by atoms with van der Waals surface area (Å²) in [6.07, 6.45) is 5.91. The zero-order valence-corrected chi connectivity index (χ0v) is 16.1. The Bertz CT molecular complexity index is 1090. The van der Waals surface area contributed by atoms with E-state index in [1.54, 1.807) is 0 Å². The minimum atomic E-state index is 0.161. The van der Waals surface area contributed by atoms with E-state index in [-0.39, 0.29) is 6.04 Å². The van der Waals surface area contributed by atoms with E-state index >= 15 is 0 Å². The van der Waals surface area contributed by atoms with Crippen molar-refractivity contribution in [3.8, 4) is 11.1 Å². The summed E-state index contributed by atoms with van der Waals surface area (Å²) in [4.78, 5) is 4.56. The Labute approximate surface area is 158 Å². The first-order valence-electron chi connectivity index (χ1n) is 9.15. The van der Waals surface area contributed by atoms with Crippen molar-refractivity contribution in [1.29, 1.82) is 0 Å². The number of hydrogen-bond acceptors (Lipinski definition) is 4. The van der Waals surface area contributed by atoms with Crippen LogP contribution in [0.15, 0.2) is 48.9 Å². The predicted octanol–water partition coefficient (Wildman–Crippen LogP) is 3.60. The van der Waals surface area contributed by atoms with Gasteiger partial charge in [-0.3, -0.25) is 4.68 Å². The van der Waals surface area contributed by atoms with Crippen molar-refractivity contribution in [1.82, 2.24) is 29.7 Å². The Morgan fingerprint density at radius 1 is 1.15 bits per heavy atom. The van der Waals surface area contributed by atoms with E-state index in [1.165, 1.54) is 11.1 Å². The zero-order chi connectivity index (χ0) is 19.0. The van der Waals surface area contributed by atoms with Gasteiger partial charge >= 0.3 is 0 Å². The first-order chi connectivity index (χ1) is 13.0. The molecule has 0 spiro atoms. The molecule has 4 aromatic rings. The SMILES string of the molecule is Cc1cc2ncc(C(C)NCc3ccccc3-c3cnn(C)c3)c(C)n2n1. The van der Waals surface area contributed by atoms with E-state index in [0.29, 0.717) is 0 Å². The van der Waals surface area contributed by atoms with Gasteiger partial charge < -0.3 is 5.32 Å². The van der Waals surface area contributed by atoms with Crippen LogP contribution in [0.25, 0.3) is 16.8 Å². The zero-order valence-electron chi connectivity index (χ0n) is 16.1. The van der Waals surface area contributed by atoms with E-state index < -0.39 is 0 Å². The lowest BCUT2D eigenvalue weighted by atomic mass is 10.0. The molecule has 1 atom stereocenters. The highest BCUT2D eigenvalue weighted by molar-refractivity contribution is 5.65. The van der Waals surface area contributed by atoms with Crippen LogP contribution in [0.3, 0.4) is 0 Å². The van der Waals surface area contributed by atoms with E-state index in [2.05, 4.69) is 58.6 Å². The molecule has 1 unspecified atom stereocenters. The van der Waals surface area contributed by atoms with Gasteiger partial charge in [0.1, 0.15) is 0 Å². The van der Waals surface area contributed by atoms with Crippen molar-refractivity contribution in [3.63, 3.8) is 0 Å². The molecule has 138 valence electrons. The van der Waals surface area contributed by atoms with E-state index in [9.17, 15) is 0 Å². The molecule has 0 aliphatic heterocycles. The maximum absolute atomic E-state index is 4.56. The molecule has 0 saturated heterocycles. The number of aromatic nitrogens is 5. The third-order valence-corrected chi connectivity index (χ3v) is 4.98. The van der Waals surface area contributed by atoms with E-state index in [0.717, 1.165) is 34.7 Å². The Kier molecular flexibility index (Phi) is 4.49. The van der Waals surface area contributed by atoms with Crippen LogP contribution >= 0.6 is 0 Å². The molecule has 6 heteroatoms. The number of aryl methyl sites for hydroxylation is 3. The van der Waals surface area contributed by atoms with Crippen LogP contribution in [-0.2, 0) is 13.6 Å².